The molecule has 0 saturated heterocycles. The third kappa shape index (κ3) is 3.99. The molecule has 0 aliphatic carbocycles. The SMILES string of the molecule is CC(C)(Nc1ncc(-c2nc(CC(N)=O)cs2)cn1)c1ncccc1F. The number of nitrogens with zero attached hydrogens (tertiary/aromatic N) is 4. The normalized spacial score (nSPS) is 11.3. The van der Waals surface area contributed by atoms with Crippen molar-refractivity contribution >= 4 is 23.2 Å². The summed E-state index contributed by atoms with van der Waals surface area (Å²) in [5.74, 6) is -0.481. The fraction of sp³-hybridized carbons (Fsp3) is 0.235. The van der Waals surface area contributed by atoms with E-state index in [1.54, 1.807) is 37.7 Å². The summed E-state index contributed by atoms with van der Waals surface area (Å²) in [6, 6.07) is 2.91. The summed E-state index contributed by atoms with van der Waals surface area (Å²) in [6.07, 6.45) is 4.87. The summed E-state index contributed by atoms with van der Waals surface area (Å²) in [6.45, 7) is 3.60. The first kappa shape index (κ1) is 17.9. The number of primary amides is 1. The molecule has 26 heavy (non-hydrogen) atoms. The number of aromatic nitrogens is 4. The Labute approximate surface area is 153 Å². The molecular formula is C17H17FN6OS. The zero-order valence-corrected chi connectivity index (χ0v) is 15.0. The molecule has 3 heterocycles. The molecule has 0 unspecified atom stereocenters. The Morgan fingerprint density at radius 3 is 2.69 bits per heavy atom. The molecule has 0 saturated carbocycles. The van der Waals surface area contributed by atoms with Crippen LogP contribution in [0.3, 0.4) is 0 Å². The Bertz CT molecular complexity index is 925. The quantitative estimate of drug-likeness (QED) is 0.688. The molecule has 1 amide bonds. The van der Waals surface area contributed by atoms with Gasteiger partial charge in [-0.25, -0.2) is 19.3 Å². The van der Waals surface area contributed by atoms with E-state index >= 15 is 0 Å². The molecule has 3 N–H and O–H groups in total. The number of nitrogens with one attached hydrogen (secondary N) is 1. The van der Waals surface area contributed by atoms with Crippen LogP contribution in [0.5, 0.6) is 0 Å². The second-order valence-corrected chi connectivity index (χ2v) is 7.02. The smallest absolute Gasteiger partial charge is 0.223 e. The van der Waals surface area contributed by atoms with Gasteiger partial charge in [0.15, 0.2) is 0 Å². The highest BCUT2D eigenvalue weighted by molar-refractivity contribution is 7.13. The number of halogens is 1. The van der Waals surface area contributed by atoms with Crippen LogP contribution in [0.15, 0.2) is 36.1 Å². The number of hydrogen-bond donors (Lipinski definition) is 2. The second-order valence-electron chi connectivity index (χ2n) is 6.17. The Hall–Kier alpha value is -2.94. The highest BCUT2D eigenvalue weighted by Gasteiger charge is 2.26. The molecule has 3 rings (SSSR count). The van der Waals surface area contributed by atoms with Crippen LogP contribution in [0.2, 0.25) is 0 Å². The van der Waals surface area contributed by atoms with Crippen molar-refractivity contribution in [1.29, 1.82) is 0 Å². The average Bonchev–Trinajstić information content (AvgIpc) is 3.03. The zero-order valence-electron chi connectivity index (χ0n) is 14.2. The third-order valence-electron chi connectivity index (χ3n) is 3.58. The lowest BCUT2D eigenvalue weighted by Gasteiger charge is -2.25. The largest absolute Gasteiger partial charge is 0.369 e. The fourth-order valence-corrected chi connectivity index (χ4v) is 3.18. The Morgan fingerprint density at radius 1 is 1.31 bits per heavy atom. The summed E-state index contributed by atoms with van der Waals surface area (Å²) in [5, 5.41) is 5.56. The molecule has 7 nitrogen and oxygen atoms in total. The van der Waals surface area contributed by atoms with E-state index in [9.17, 15) is 9.18 Å². The van der Waals surface area contributed by atoms with Gasteiger partial charge in [-0.2, -0.15) is 0 Å². The van der Waals surface area contributed by atoms with E-state index in [0.717, 1.165) is 5.56 Å². The van der Waals surface area contributed by atoms with E-state index in [2.05, 4.69) is 25.3 Å². The Balaban J connectivity index is 1.76. The van der Waals surface area contributed by atoms with Gasteiger partial charge in [-0.15, -0.1) is 11.3 Å². The number of carbonyl (C=O) groups excluding carboxylic acids is 1. The molecule has 0 spiro atoms. The van der Waals surface area contributed by atoms with Crippen LogP contribution in [0, 0.1) is 5.82 Å². The predicted molar refractivity (Wildman–Crippen MR) is 96.9 cm³/mol. The number of rotatable bonds is 6. The highest BCUT2D eigenvalue weighted by Crippen LogP contribution is 2.26. The van der Waals surface area contributed by atoms with Gasteiger partial charge in [0.1, 0.15) is 16.5 Å². The number of amides is 1. The Kier molecular flexibility index (Phi) is 4.90. The first-order valence-electron chi connectivity index (χ1n) is 7.79. The number of pyridine rings is 1. The summed E-state index contributed by atoms with van der Waals surface area (Å²) in [5.41, 5.74) is 6.00. The van der Waals surface area contributed by atoms with Crippen molar-refractivity contribution in [2.45, 2.75) is 25.8 Å². The standard InChI is InChI=1S/C17H17FN6OS/c1-17(2,14-12(18)4-3-5-20-14)24-16-21-7-10(8-22-16)15-23-11(9-26-15)6-13(19)25/h3-5,7-9H,6H2,1-2H3,(H2,19,25)(H,21,22,24). The number of anilines is 1. The summed E-state index contributed by atoms with van der Waals surface area (Å²) >= 11 is 1.38. The van der Waals surface area contributed by atoms with Crippen LogP contribution in [0.25, 0.3) is 10.6 Å². The lowest BCUT2D eigenvalue weighted by Crippen LogP contribution is -2.31. The molecule has 3 aromatic rings. The van der Waals surface area contributed by atoms with E-state index in [1.807, 2.05) is 0 Å². The first-order chi connectivity index (χ1) is 12.3. The van der Waals surface area contributed by atoms with Crippen LogP contribution in [-0.2, 0) is 16.8 Å². The van der Waals surface area contributed by atoms with Crippen molar-refractivity contribution in [3.63, 3.8) is 0 Å². The topological polar surface area (TPSA) is 107 Å². The zero-order chi connectivity index (χ0) is 18.7. The predicted octanol–water partition coefficient (Wildman–Crippen LogP) is 2.51. The van der Waals surface area contributed by atoms with Crippen LogP contribution < -0.4 is 11.1 Å². The van der Waals surface area contributed by atoms with E-state index in [-0.39, 0.29) is 12.1 Å². The number of nitrogens with two attached hydrogens (primary N) is 1. The van der Waals surface area contributed by atoms with Crippen molar-refractivity contribution in [3.8, 4) is 10.6 Å². The van der Waals surface area contributed by atoms with Crippen LogP contribution in [-0.4, -0.2) is 25.8 Å². The molecule has 0 aromatic carbocycles. The summed E-state index contributed by atoms with van der Waals surface area (Å²) in [7, 11) is 0. The average molecular weight is 372 g/mol. The molecule has 134 valence electrons. The minimum atomic E-state index is -0.789. The van der Waals surface area contributed by atoms with Gasteiger partial charge < -0.3 is 11.1 Å². The number of hydrogen-bond acceptors (Lipinski definition) is 7. The first-order valence-corrected chi connectivity index (χ1v) is 8.67. The van der Waals surface area contributed by atoms with Crippen LogP contribution >= 0.6 is 11.3 Å². The van der Waals surface area contributed by atoms with E-state index in [1.165, 1.54) is 23.6 Å². The molecule has 0 bridgehead atoms. The summed E-state index contributed by atoms with van der Waals surface area (Å²) < 4.78 is 14.0. The van der Waals surface area contributed by atoms with E-state index in [4.69, 9.17) is 5.73 Å². The molecule has 0 aliphatic rings. The van der Waals surface area contributed by atoms with Crippen molar-refractivity contribution < 1.29 is 9.18 Å². The van der Waals surface area contributed by atoms with Gasteiger partial charge in [0.25, 0.3) is 0 Å². The van der Waals surface area contributed by atoms with Crippen LogP contribution in [0.1, 0.15) is 25.2 Å². The van der Waals surface area contributed by atoms with Gasteiger partial charge in [-0.05, 0) is 26.0 Å². The highest BCUT2D eigenvalue weighted by atomic mass is 32.1. The molecule has 3 aromatic heterocycles. The molecule has 0 fully saturated rings. The molecule has 0 radical (unpaired) electrons. The maximum absolute atomic E-state index is 14.0. The maximum atomic E-state index is 14.0. The minimum Gasteiger partial charge on any atom is -0.369 e. The van der Waals surface area contributed by atoms with Gasteiger partial charge in [0, 0.05) is 29.5 Å². The van der Waals surface area contributed by atoms with Gasteiger partial charge in [0.2, 0.25) is 11.9 Å². The van der Waals surface area contributed by atoms with Gasteiger partial charge >= 0.3 is 0 Å². The fourth-order valence-electron chi connectivity index (χ4n) is 2.39. The monoisotopic (exact) mass is 372 g/mol. The molecular weight excluding hydrogens is 355 g/mol. The number of carbonyl (C=O) groups is 1. The molecule has 0 atom stereocenters. The number of thiazole rings is 1. The van der Waals surface area contributed by atoms with Gasteiger partial charge in [-0.3, -0.25) is 9.78 Å². The van der Waals surface area contributed by atoms with Crippen molar-refractivity contribution in [2.75, 3.05) is 5.32 Å². The second kappa shape index (κ2) is 7.12. The molecule has 0 aliphatic heterocycles. The van der Waals surface area contributed by atoms with E-state index in [0.29, 0.717) is 16.6 Å². The lowest BCUT2D eigenvalue weighted by molar-refractivity contribution is -0.117. The van der Waals surface area contributed by atoms with Gasteiger partial charge in [-0.1, -0.05) is 0 Å². The van der Waals surface area contributed by atoms with Crippen molar-refractivity contribution in [3.05, 3.63) is 53.3 Å². The van der Waals surface area contributed by atoms with Crippen LogP contribution in [0.4, 0.5) is 10.3 Å². The Morgan fingerprint density at radius 2 is 2.04 bits per heavy atom. The van der Waals surface area contributed by atoms with Crippen molar-refractivity contribution in [2.24, 2.45) is 5.73 Å². The minimum absolute atomic E-state index is 0.0980. The lowest BCUT2D eigenvalue weighted by atomic mass is 9.99. The maximum Gasteiger partial charge on any atom is 0.223 e. The van der Waals surface area contributed by atoms with Gasteiger partial charge in [0.05, 0.1) is 17.7 Å². The molecule has 9 heteroatoms. The van der Waals surface area contributed by atoms with Crippen molar-refractivity contribution in [1.82, 2.24) is 19.9 Å². The van der Waals surface area contributed by atoms with E-state index < -0.39 is 17.3 Å². The third-order valence-corrected chi connectivity index (χ3v) is 4.52. The summed E-state index contributed by atoms with van der Waals surface area (Å²) in [4.78, 5) is 27.9.